The average Bonchev–Trinajstić information content (AvgIpc) is 3.08. The lowest BCUT2D eigenvalue weighted by Gasteiger charge is -2.09. The van der Waals surface area contributed by atoms with E-state index in [-0.39, 0.29) is 29.3 Å². The third-order valence-electron chi connectivity index (χ3n) is 4.18. The van der Waals surface area contributed by atoms with E-state index in [2.05, 4.69) is 5.10 Å². The molecule has 0 aliphatic rings. The molecule has 0 spiro atoms. The first-order chi connectivity index (χ1) is 13.7. The number of nitrogens with zero attached hydrogens (tertiary/aromatic N) is 2. The third kappa shape index (κ3) is 4.68. The van der Waals surface area contributed by atoms with Crippen LogP contribution < -0.4 is 0 Å². The SMILES string of the molecule is CCOC(=O)c1cc(-c2ccc(S(C)(=O)=O)cc2)n(Cc2ccc(F)cc2F)n1. The van der Waals surface area contributed by atoms with Crippen LogP contribution in [0.1, 0.15) is 23.0 Å². The van der Waals surface area contributed by atoms with Crippen LogP contribution in [0.4, 0.5) is 8.78 Å². The molecule has 0 radical (unpaired) electrons. The van der Waals surface area contributed by atoms with Crippen molar-refractivity contribution >= 4 is 15.8 Å². The fourth-order valence-corrected chi connectivity index (χ4v) is 3.39. The zero-order valence-corrected chi connectivity index (χ0v) is 16.5. The second-order valence-corrected chi connectivity index (χ2v) is 8.34. The minimum Gasteiger partial charge on any atom is -0.461 e. The summed E-state index contributed by atoms with van der Waals surface area (Å²) >= 11 is 0. The number of rotatable bonds is 6. The Balaban J connectivity index is 2.05. The van der Waals surface area contributed by atoms with Crippen LogP contribution in [0.25, 0.3) is 11.3 Å². The van der Waals surface area contributed by atoms with Gasteiger partial charge in [0.2, 0.25) is 0 Å². The van der Waals surface area contributed by atoms with E-state index in [4.69, 9.17) is 4.74 Å². The van der Waals surface area contributed by atoms with E-state index in [1.54, 1.807) is 19.1 Å². The van der Waals surface area contributed by atoms with Crippen molar-refractivity contribution < 1.29 is 26.7 Å². The number of aromatic nitrogens is 2. The Morgan fingerprint density at radius 2 is 1.79 bits per heavy atom. The van der Waals surface area contributed by atoms with Gasteiger partial charge >= 0.3 is 5.97 Å². The molecule has 0 fully saturated rings. The molecule has 2 aromatic carbocycles. The lowest BCUT2D eigenvalue weighted by molar-refractivity contribution is 0.0518. The normalized spacial score (nSPS) is 11.4. The molecule has 0 bridgehead atoms. The van der Waals surface area contributed by atoms with E-state index in [0.29, 0.717) is 11.3 Å². The molecular formula is C20H18F2N2O4S. The Morgan fingerprint density at radius 3 is 2.38 bits per heavy atom. The molecule has 9 heteroatoms. The number of sulfone groups is 1. The molecule has 3 aromatic rings. The fraction of sp³-hybridized carbons (Fsp3) is 0.200. The summed E-state index contributed by atoms with van der Waals surface area (Å²) in [6, 6.07) is 10.7. The summed E-state index contributed by atoms with van der Waals surface area (Å²) < 4.78 is 57.0. The molecule has 0 unspecified atom stereocenters. The highest BCUT2D eigenvalue weighted by Gasteiger charge is 2.18. The van der Waals surface area contributed by atoms with Crippen LogP contribution in [-0.4, -0.2) is 37.0 Å². The van der Waals surface area contributed by atoms with Crippen molar-refractivity contribution in [3.8, 4) is 11.3 Å². The Hall–Kier alpha value is -3.07. The van der Waals surface area contributed by atoms with Crippen LogP contribution in [0.15, 0.2) is 53.4 Å². The molecule has 1 heterocycles. The minimum absolute atomic E-state index is 0.0246. The number of carbonyl (C=O) groups excluding carboxylic acids is 1. The number of hydrogen-bond donors (Lipinski definition) is 0. The second-order valence-electron chi connectivity index (χ2n) is 6.33. The van der Waals surface area contributed by atoms with Crippen LogP contribution in [0.3, 0.4) is 0 Å². The Morgan fingerprint density at radius 1 is 1.10 bits per heavy atom. The van der Waals surface area contributed by atoms with Gasteiger partial charge in [0.25, 0.3) is 0 Å². The number of esters is 1. The fourth-order valence-electron chi connectivity index (χ4n) is 2.76. The molecule has 3 rings (SSSR count). The van der Waals surface area contributed by atoms with Crippen LogP contribution in [0.5, 0.6) is 0 Å². The predicted molar refractivity (Wildman–Crippen MR) is 102 cm³/mol. The molecule has 0 N–H and O–H groups in total. The number of halogens is 2. The van der Waals surface area contributed by atoms with Gasteiger partial charge in [0.1, 0.15) is 11.6 Å². The van der Waals surface area contributed by atoms with Gasteiger partial charge in [-0.2, -0.15) is 5.10 Å². The van der Waals surface area contributed by atoms with Crippen molar-refractivity contribution in [3.63, 3.8) is 0 Å². The van der Waals surface area contributed by atoms with Crippen molar-refractivity contribution in [1.82, 2.24) is 9.78 Å². The summed E-state index contributed by atoms with van der Waals surface area (Å²) in [6.45, 7) is 1.76. The molecule has 152 valence electrons. The van der Waals surface area contributed by atoms with E-state index >= 15 is 0 Å². The highest BCUT2D eigenvalue weighted by Crippen LogP contribution is 2.24. The lowest BCUT2D eigenvalue weighted by Crippen LogP contribution is -2.09. The maximum atomic E-state index is 14.1. The standard InChI is InChI=1S/C20H18F2N2O4S/c1-3-28-20(25)18-11-19(13-5-8-16(9-6-13)29(2,26)27)24(23-18)12-14-4-7-15(21)10-17(14)22/h4-11H,3,12H2,1-2H3. The molecule has 1 aromatic heterocycles. The van der Waals surface area contributed by atoms with Crippen LogP contribution in [0.2, 0.25) is 0 Å². The average molecular weight is 420 g/mol. The monoisotopic (exact) mass is 420 g/mol. The quantitative estimate of drug-likeness (QED) is 0.571. The lowest BCUT2D eigenvalue weighted by atomic mass is 10.1. The van der Waals surface area contributed by atoms with Crippen molar-refractivity contribution in [2.75, 3.05) is 12.9 Å². The molecule has 0 aliphatic heterocycles. The first-order valence-corrected chi connectivity index (χ1v) is 10.6. The van der Waals surface area contributed by atoms with Gasteiger partial charge in [-0.3, -0.25) is 4.68 Å². The van der Waals surface area contributed by atoms with Crippen molar-refractivity contribution in [2.45, 2.75) is 18.4 Å². The number of carbonyl (C=O) groups is 1. The maximum Gasteiger partial charge on any atom is 0.358 e. The smallest absolute Gasteiger partial charge is 0.358 e. The minimum atomic E-state index is -3.37. The van der Waals surface area contributed by atoms with E-state index in [9.17, 15) is 22.0 Å². The number of benzene rings is 2. The number of hydrogen-bond acceptors (Lipinski definition) is 5. The van der Waals surface area contributed by atoms with E-state index < -0.39 is 27.4 Å². The molecular weight excluding hydrogens is 402 g/mol. The maximum absolute atomic E-state index is 14.1. The van der Waals surface area contributed by atoms with Gasteiger partial charge in [-0.05, 0) is 36.8 Å². The van der Waals surface area contributed by atoms with E-state index in [0.717, 1.165) is 18.4 Å². The van der Waals surface area contributed by atoms with E-state index in [1.165, 1.54) is 28.9 Å². The van der Waals surface area contributed by atoms with Crippen molar-refractivity contribution in [2.24, 2.45) is 0 Å². The molecule has 0 atom stereocenters. The third-order valence-corrected chi connectivity index (χ3v) is 5.31. The first-order valence-electron chi connectivity index (χ1n) is 8.68. The van der Waals surface area contributed by atoms with Crippen LogP contribution >= 0.6 is 0 Å². The predicted octanol–water partition coefficient (Wildman–Crippen LogP) is 3.46. The van der Waals surface area contributed by atoms with Gasteiger partial charge in [0.15, 0.2) is 15.5 Å². The zero-order chi connectivity index (χ0) is 21.2. The summed E-state index contributed by atoms with van der Waals surface area (Å²) in [5.74, 6) is -2.08. The van der Waals surface area contributed by atoms with Crippen LogP contribution in [-0.2, 0) is 21.1 Å². The first kappa shape index (κ1) is 20.7. The largest absolute Gasteiger partial charge is 0.461 e. The van der Waals surface area contributed by atoms with Gasteiger partial charge in [-0.25, -0.2) is 22.0 Å². The Bertz CT molecular complexity index is 1160. The number of ether oxygens (including phenoxy) is 1. The van der Waals surface area contributed by atoms with Gasteiger partial charge in [-0.1, -0.05) is 18.2 Å². The summed E-state index contributed by atoms with van der Waals surface area (Å²) in [5, 5.41) is 4.20. The molecule has 0 saturated carbocycles. The molecule has 6 nitrogen and oxygen atoms in total. The summed E-state index contributed by atoms with van der Waals surface area (Å²) in [7, 11) is -3.37. The summed E-state index contributed by atoms with van der Waals surface area (Å²) in [6.07, 6.45) is 1.10. The highest BCUT2D eigenvalue weighted by atomic mass is 32.2. The second kappa shape index (κ2) is 8.12. The molecule has 0 saturated heterocycles. The zero-order valence-electron chi connectivity index (χ0n) is 15.7. The van der Waals surface area contributed by atoms with Crippen LogP contribution in [0, 0.1) is 11.6 Å². The van der Waals surface area contributed by atoms with Crippen molar-refractivity contribution in [1.29, 1.82) is 0 Å². The van der Waals surface area contributed by atoms with Gasteiger partial charge in [0.05, 0.1) is 23.7 Å². The van der Waals surface area contributed by atoms with E-state index in [1.807, 2.05) is 0 Å². The van der Waals surface area contributed by atoms with Gasteiger partial charge < -0.3 is 4.74 Å². The molecule has 0 amide bonds. The molecule has 0 aliphatic carbocycles. The highest BCUT2D eigenvalue weighted by molar-refractivity contribution is 7.90. The Labute approximate surface area is 166 Å². The topological polar surface area (TPSA) is 78.3 Å². The van der Waals surface area contributed by atoms with Gasteiger partial charge in [0, 0.05) is 17.9 Å². The van der Waals surface area contributed by atoms with Gasteiger partial charge in [-0.15, -0.1) is 0 Å². The summed E-state index contributed by atoms with van der Waals surface area (Å²) in [5.41, 5.74) is 1.23. The Kier molecular flexibility index (Phi) is 5.78. The summed E-state index contributed by atoms with van der Waals surface area (Å²) in [4.78, 5) is 12.2. The van der Waals surface area contributed by atoms with Crippen molar-refractivity contribution in [3.05, 3.63) is 71.4 Å². The molecule has 29 heavy (non-hydrogen) atoms.